The van der Waals surface area contributed by atoms with E-state index in [1.54, 1.807) is 24.3 Å². The van der Waals surface area contributed by atoms with E-state index in [1.165, 1.54) is 0 Å². The number of Topliss-reactive ketones (excluding diaryl/α,β-unsaturated/α-hetero) is 1. The summed E-state index contributed by atoms with van der Waals surface area (Å²) in [6, 6.07) is 6.90. The summed E-state index contributed by atoms with van der Waals surface area (Å²) in [7, 11) is -1.91. The molecule has 0 aromatic heterocycles. The van der Waals surface area contributed by atoms with Crippen LogP contribution in [0.3, 0.4) is 0 Å². The van der Waals surface area contributed by atoms with Gasteiger partial charge in [-0.25, -0.2) is 8.78 Å². The average Bonchev–Trinajstić information content (AvgIpc) is 2.34. The van der Waals surface area contributed by atoms with Crippen molar-refractivity contribution in [3.05, 3.63) is 29.8 Å². The van der Waals surface area contributed by atoms with E-state index in [-0.39, 0.29) is 23.7 Å². The van der Waals surface area contributed by atoms with Crippen LogP contribution in [0.4, 0.5) is 8.78 Å². The van der Waals surface area contributed by atoms with Gasteiger partial charge in [0.15, 0.2) is 5.78 Å². The monoisotopic (exact) mass is 326 g/mol. The molecule has 1 saturated carbocycles. The average molecular weight is 326 g/mol. The van der Waals surface area contributed by atoms with E-state index in [4.69, 9.17) is 4.43 Å². The van der Waals surface area contributed by atoms with E-state index in [0.717, 1.165) is 5.75 Å². The van der Waals surface area contributed by atoms with Crippen LogP contribution >= 0.6 is 0 Å². The van der Waals surface area contributed by atoms with Crippen LogP contribution in [0.1, 0.15) is 44.0 Å². The molecule has 1 aromatic rings. The first-order chi connectivity index (χ1) is 9.91. The van der Waals surface area contributed by atoms with Gasteiger partial charge in [0.25, 0.3) is 0 Å². The molecule has 0 amide bonds. The molecule has 2 rings (SSSR count). The summed E-state index contributed by atoms with van der Waals surface area (Å²) < 4.78 is 31.9. The Kier molecular flexibility index (Phi) is 4.24. The van der Waals surface area contributed by atoms with Gasteiger partial charge in [-0.1, -0.05) is 20.8 Å². The molecule has 1 aliphatic rings. The topological polar surface area (TPSA) is 26.3 Å². The summed E-state index contributed by atoms with van der Waals surface area (Å²) >= 11 is 0. The molecule has 0 N–H and O–H groups in total. The Hall–Kier alpha value is -1.23. The van der Waals surface area contributed by atoms with E-state index < -0.39 is 20.2 Å². The fraction of sp³-hybridized carbons (Fsp3) is 0.588. The summed E-state index contributed by atoms with van der Waals surface area (Å²) in [5.74, 6) is -2.65. The largest absolute Gasteiger partial charge is 0.544 e. The molecule has 0 saturated heterocycles. The Morgan fingerprint density at radius 1 is 1.18 bits per heavy atom. The number of carbonyl (C=O) groups excluding carboxylic acids is 1. The van der Waals surface area contributed by atoms with Crippen LogP contribution in [-0.4, -0.2) is 20.0 Å². The maximum Gasteiger partial charge on any atom is 0.250 e. The van der Waals surface area contributed by atoms with Gasteiger partial charge in [0.05, 0.1) is 0 Å². The Morgan fingerprint density at radius 2 is 1.68 bits per heavy atom. The van der Waals surface area contributed by atoms with Gasteiger partial charge >= 0.3 is 0 Å². The highest BCUT2D eigenvalue weighted by Crippen LogP contribution is 2.44. The number of alkyl halides is 2. The lowest BCUT2D eigenvalue weighted by atomic mass is 9.77. The summed E-state index contributed by atoms with van der Waals surface area (Å²) in [4.78, 5) is 12.1. The van der Waals surface area contributed by atoms with Crippen LogP contribution in [0, 0.1) is 5.92 Å². The van der Waals surface area contributed by atoms with Gasteiger partial charge in [0, 0.05) is 24.3 Å². The molecule has 0 spiro atoms. The van der Waals surface area contributed by atoms with Gasteiger partial charge in [-0.15, -0.1) is 0 Å². The SMILES string of the molecule is CC(C)(C)[Si](C)(C)Oc1ccc(C(=O)C2CC(F)(F)C2)cc1. The minimum Gasteiger partial charge on any atom is -0.544 e. The Labute approximate surface area is 132 Å². The van der Waals surface area contributed by atoms with E-state index in [2.05, 4.69) is 33.9 Å². The van der Waals surface area contributed by atoms with Crippen molar-refractivity contribution in [3.63, 3.8) is 0 Å². The second-order valence-corrected chi connectivity index (χ2v) is 12.4. The van der Waals surface area contributed by atoms with Gasteiger partial charge in [0.1, 0.15) is 5.75 Å². The lowest BCUT2D eigenvalue weighted by Crippen LogP contribution is -2.43. The molecule has 0 aliphatic heterocycles. The lowest BCUT2D eigenvalue weighted by Gasteiger charge is -2.36. The third kappa shape index (κ3) is 3.56. The zero-order valence-corrected chi connectivity index (χ0v) is 14.9. The van der Waals surface area contributed by atoms with Gasteiger partial charge < -0.3 is 4.43 Å². The van der Waals surface area contributed by atoms with Crippen molar-refractivity contribution < 1.29 is 18.0 Å². The number of rotatable bonds is 4. The van der Waals surface area contributed by atoms with Gasteiger partial charge in [0.2, 0.25) is 14.2 Å². The van der Waals surface area contributed by atoms with Crippen LogP contribution in [0.15, 0.2) is 24.3 Å². The van der Waals surface area contributed by atoms with Crippen LogP contribution in [0.2, 0.25) is 18.1 Å². The summed E-state index contributed by atoms with van der Waals surface area (Å²) in [5.41, 5.74) is 0.489. The molecule has 0 unspecified atom stereocenters. The highest BCUT2D eigenvalue weighted by atomic mass is 28.4. The molecule has 0 radical (unpaired) electrons. The molecule has 1 fully saturated rings. The van der Waals surface area contributed by atoms with E-state index >= 15 is 0 Å². The quantitative estimate of drug-likeness (QED) is 0.554. The van der Waals surface area contributed by atoms with Crippen LogP contribution in [0.25, 0.3) is 0 Å². The number of hydrogen-bond acceptors (Lipinski definition) is 2. The molecule has 1 aromatic carbocycles. The standard InChI is InChI=1S/C17H24F2O2Si/c1-16(2,3)22(4,5)21-14-8-6-12(7-9-14)15(20)13-10-17(18,19)11-13/h6-9,13H,10-11H2,1-5H3. The normalized spacial score (nSPS) is 18.7. The van der Waals surface area contributed by atoms with Crippen molar-refractivity contribution in [2.24, 2.45) is 5.92 Å². The molecule has 122 valence electrons. The molecule has 0 heterocycles. The van der Waals surface area contributed by atoms with Gasteiger partial charge in [-0.2, -0.15) is 0 Å². The fourth-order valence-corrected chi connectivity index (χ4v) is 3.25. The van der Waals surface area contributed by atoms with Gasteiger partial charge in [-0.05, 0) is 42.4 Å². The molecule has 0 bridgehead atoms. The van der Waals surface area contributed by atoms with Crippen LogP contribution < -0.4 is 4.43 Å². The van der Waals surface area contributed by atoms with E-state index in [9.17, 15) is 13.6 Å². The lowest BCUT2D eigenvalue weighted by molar-refractivity contribution is -0.0982. The molecule has 5 heteroatoms. The fourth-order valence-electron chi connectivity index (χ4n) is 2.22. The third-order valence-corrected chi connectivity index (χ3v) is 9.14. The summed E-state index contributed by atoms with van der Waals surface area (Å²) in [6.45, 7) is 10.8. The van der Waals surface area contributed by atoms with E-state index in [1.807, 2.05) is 0 Å². The van der Waals surface area contributed by atoms with Crippen molar-refractivity contribution >= 4 is 14.1 Å². The number of ketones is 1. The number of benzene rings is 1. The van der Waals surface area contributed by atoms with Crippen LogP contribution in [0.5, 0.6) is 5.75 Å². The zero-order chi connectivity index (χ0) is 16.8. The molecule has 22 heavy (non-hydrogen) atoms. The van der Waals surface area contributed by atoms with Crippen molar-refractivity contribution in [1.29, 1.82) is 0 Å². The molecule has 1 aliphatic carbocycles. The maximum atomic E-state index is 12.9. The Balaban J connectivity index is 2.04. The predicted octanol–water partition coefficient (Wildman–Crippen LogP) is 5.30. The minimum absolute atomic E-state index is 0.0962. The van der Waals surface area contributed by atoms with Gasteiger partial charge in [-0.3, -0.25) is 4.79 Å². The Bertz CT molecular complexity index is 551. The molecular formula is C17H24F2O2Si. The predicted molar refractivity (Wildman–Crippen MR) is 86.3 cm³/mol. The summed E-state index contributed by atoms with van der Waals surface area (Å²) in [6.07, 6.45) is -0.651. The number of halogens is 2. The van der Waals surface area contributed by atoms with E-state index in [0.29, 0.717) is 5.56 Å². The molecule has 0 atom stereocenters. The number of hydrogen-bond donors (Lipinski definition) is 0. The first-order valence-electron chi connectivity index (χ1n) is 7.62. The van der Waals surface area contributed by atoms with Crippen molar-refractivity contribution in [2.45, 2.75) is 57.7 Å². The Morgan fingerprint density at radius 3 is 2.09 bits per heavy atom. The first-order valence-corrected chi connectivity index (χ1v) is 10.5. The van der Waals surface area contributed by atoms with Crippen molar-refractivity contribution in [1.82, 2.24) is 0 Å². The highest BCUT2D eigenvalue weighted by molar-refractivity contribution is 6.74. The van der Waals surface area contributed by atoms with Crippen LogP contribution in [-0.2, 0) is 0 Å². The zero-order valence-electron chi connectivity index (χ0n) is 13.9. The number of carbonyl (C=O) groups is 1. The van der Waals surface area contributed by atoms with Crippen molar-refractivity contribution in [3.8, 4) is 5.75 Å². The second kappa shape index (κ2) is 5.44. The summed E-state index contributed by atoms with van der Waals surface area (Å²) in [5, 5.41) is 0.0962. The molecule has 2 nitrogen and oxygen atoms in total. The first kappa shape index (κ1) is 17.1. The smallest absolute Gasteiger partial charge is 0.250 e. The third-order valence-electron chi connectivity index (χ3n) is 4.78. The maximum absolute atomic E-state index is 12.9. The second-order valence-electron chi connectivity index (χ2n) is 7.71. The molecular weight excluding hydrogens is 302 g/mol. The van der Waals surface area contributed by atoms with Crippen molar-refractivity contribution in [2.75, 3.05) is 0 Å². The highest BCUT2D eigenvalue weighted by Gasteiger charge is 2.48. The minimum atomic E-state index is -2.66.